The van der Waals surface area contributed by atoms with Crippen LogP contribution in [-0.2, 0) is 0 Å². The van der Waals surface area contributed by atoms with E-state index in [0.29, 0.717) is 24.5 Å². The molecule has 0 atom stereocenters. The SMILES string of the molecule is CCCCCNc1nc(Cl)[nH]c1C(=O)NCCCCC#N. The molecule has 0 bridgehead atoms. The highest BCUT2D eigenvalue weighted by atomic mass is 35.5. The predicted octanol–water partition coefficient (Wildman–Crippen LogP) is 3.09. The lowest BCUT2D eigenvalue weighted by Gasteiger charge is -2.06. The van der Waals surface area contributed by atoms with Gasteiger partial charge in [0.2, 0.25) is 5.28 Å². The molecule has 6 nitrogen and oxygen atoms in total. The number of carbonyl (C=O) groups is 1. The van der Waals surface area contributed by atoms with Gasteiger partial charge in [-0.1, -0.05) is 19.8 Å². The number of H-pyrrole nitrogens is 1. The molecule has 0 saturated heterocycles. The monoisotopic (exact) mass is 311 g/mol. The Bertz CT molecular complexity index is 480. The molecule has 1 amide bonds. The Morgan fingerprint density at radius 1 is 1.33 bits per heavy atom. The van der Waals surface area contributed by atoms with Crippen LogP contribution in [0.1, 0.15) is 55.9 Å². The molecule has 0 unspecified atom stereocenters. The number of unbranched alkanes of at least 4 members (excludes halogenated alkanes) is 4. The summed E-state index contributed by atoms with van der Waals surface area (Å²) in [5.74, 6) is 0.259. The molecule has 116 valence electrons. The average Bonchev–Trinajstić information content (AvgIpc) is 2.84. The van der Waals surface area contributed by atoms with E-state index in [9.17, 15) is 4.79 Å². The number of nitrogens with one attached hydrogen (secondary N) is 3. The molecule has 3 N–H and O–H groups in total. The molecule has 0 aromatic carbocycles. The molecule has 0 aliphatic carbocycles. The maximum atomic E-state index is 12.1. The fraction of sp³-hybridized carbons (Fsp3) is 0.643. The second kappa shape index (κ2) is 10.1. The third-order valence-corrected chi connectivity index (χ3v) is 3.15. The largest absolute Gasteiger partial charge is 0.368 e. The van der Waals surface area contributed by atoms with Gasteiger partial charge in [0.25, 0.3) is 5.91 Å². The zero-order valence-electron chi connectivity index (χ0n) is 12.3. The number of hydrogen-bond acceptors (Lipinski definition) is 4. The van der Waals surface area contributed by atoms with Crippen molar-refractivity contribution in [2.45, 2.75) is 45.4 Å². The Kier molecular flexibility index (Phi) is 8.29. The van der Waals surface area contributed by atoms with E-state index in [4.69, 9.17) is 16.9 Å². The fourth-order valence-corrected chi connectivity index (χ4v) is 2.02. The van der Waals surface area contributed by atoms with Crippen LogP contribution in [0.4, 0.5) is 5.82 Å². The summed E-state index contributed by atoms with van der Waals surface area (Å²) in [5, 5.41) is 14.6. The number of anilines is 1. The Morgan fingerprint density at radius 3 is 2.81 bits per heavy atom. The molecular weight excluding hydrogens is 290 g/mol. The highest BCUT2D eigenvalue weighted by Crippen LogP contribution is 2.16. The molecule has 21 heavy (non-hydrogen) atoms. The lowest BCUT2D eigenvalue weighted by atomic mass is 10.2. The van der Waals surface area contributed by atoms with Gasteiger partial charge >= 0.3 is 0 Å². The van der Waals surface area contributed by atoms with Gasteiger partial charge in [-0.15, -0.1) is 0 Å². The Hall–Kier alpha value is -1.74. The first-order valence-electron chi connectivity index (χ1n) is 7.33. The summed E-state index contributed by atoms with van der Waals surface area (Å²) in [6.07, 6.45) is 5.36. The molecule has 1 rings (SSSR count). The lowest BCUT2D eigenvalue weighted by molar-refractivity contribution is 0.0949. The van der Waals surface area contributed by atoms with Crippen molar-refractivity contribution in [3.05, 3.63) is 11.0 Å². The second-order valence-corrected chi connectivity index (χ2v) is 5.11. The minimum absolute atomic E-state index is 0.197. The van der Waals surface area contributed by atoms with E-state index in [0.717, 1.165) is 38.6 Å². The number of nitriles is 1. The van der Waals surface area contributed by atoms with Crippen LogP contribution in [0.5, 0.6) is 0 Å². The van der Waals surface area contributed by atoms with Crippen molar-refractivity contribution in [1.82, 2.24) is 15.3 Å². The van der Waals surface area contributed by atoms with Crippen LogP contribution >= 0.6 is 11.6 Å². The van der Waals surface area contributed by atoms with Crippen LogP contribution in [0.15, 0.2) is 0 Å². The third-order valence-electron chi connectivity index (χ3n) is 2.98. The summed E-state index contributed by atoms with van der Waals surface area (Å²) < 4.78 is 0. The van der Waals surface area contributed by atoms with Gasteiger partial charge in [0.15, 0.2) is 5.82 Å². The highest BCUT2D eigenvalue weighted by molar-refractivity contribution is 6.28. The fourth-order valence-electron chi connectivity index (χ4n) is 1.84. The highest BCUT2D eigenvalue weighted by Gasteiger charge is 2.15. The van der Waals surface area contributed by atoms with Crippen LogP contribution in [0.3, 0.4) is 0 Å². The topological polar surface area (TPSA) is 93.6 Å². The molecule has 0 aliphatic heterocycles. The van der Waals surface area contributed by atoms with Crippen LogP contribution in [0, 0.1) is 11.3 Å². The molecule has 0 aliphatic rings. The van der Waals surface area contributed by atoms with Gasteiger partial charge in [0, 0.05) is 19.5 Å². The van der Waals surface area contributed by atoms with E-state index in [-0.39, 0.29) is 11.2 Å². The van der Waals surface area contributed by atoms with Crippen molar-refractivity contribution >= 4 is 23.3 Å². The first-order chi connectivity index (χ1) is 10.2. The van der Waals surface area contributed by atoms with Crippen LogP contribution in [-0.4, -0.2) is 29.0 Å². The summed E-state index contributed by atoms with van der Waals surface area (Å²) in [6, 6.07) is 2.08. The summed E-state index contributed by atoms with van der Waals surface area (Å²) in [4.78, 5) is 18.9. The number of carbonyl (C=O) groups excluding carboxylic acids is 1. The van der Waals surface area contributed by atoms with E-state index < -0.39 is 0 Å². The van der Waals surface area contributed by atoms with Crippen LogP contribution < -0.4 is 10.6 Å². The molecule has 0 saturated carbocycles. The van der Waals surface area contributed by atoms with Crippen LogP contribution in [0.2, 0.25) is 5.28 Å². The first-order valence-corrected chi connectivity index (χ1v) is 7.71. The van der Waals surface area contributed by atoms with Gasteiger partial charge in [0.1, 0.15) is 5.69 Å². The summed E-state index contributed by atoms with van der Waals surface area (Å²) in [7, 11) is 0. The maximum absolute atomic E-state index is 12.1. The molecule has 7 heteroatoms. The number of rotatable bonds is 10. The molecule has 0 fully saturated rings. The van der Waals surface area contributed by atoms with Crippen molar-refractivity contribution in [2.24, 2.45) is 0 Å². The van der Waals surface area contributed by atoms with E-state index >= 15 is 0 Å². The quantitative estimate of drug-likeness (QED) is 0.579. The lowest BCUT2D eigenvalue weighted by Crippen LogP contribution is -2.25. The minimum Gasteiger partial charge on any atom is -0.368 e. The number of imidazole rings is 1. The Morgan fingerprint density at radius 2 is 2.10 bits per heavy atom. The number of hydrogen-bond donors (Lipinski definition) is 3. The zero-order valence-corrected chi connectivity index (χ0v) is 13.1. The third kappa shape index (κ3) is 6.50. The van der Waals surface area contributed by atoms with E-state index in [1.807, 2.05) is 0 Å². The van der Waals surface area contributed by atoms with Gasteiger partial charge in [-0.05, 0) is 30.9 Å². The van der Waals surface area contributed by atoms with Crippen molar-refractivity contribution in [1.29, 1.82) is 5.26 Å². The Balaban J connectivity index is 2.45. The zero-order chi connectivity index (χ0) is 15.5. The summed E-state index contributed by atoms with van der Waals surface area (Å²) in [6.45, 7) is 3.43. The van der Waals surface area contributed by atoms with Crippen molar-refractivity contribution < 1.29 is 4.79 Å². The Labute approximate surface area is 130 Å². The number of aromatic nitrogens is 2. The standard InChI is InChI=1S/C14H22ClN5O/c1-2-3-6-9-17-12-11(19-14(15)20-12)13(21)18-10-7-4-5-8-16/h17H,2-7,9-10H2,1H3,(H,18,21)(H,19,20). The second-order valence-electron chi connectivity index (χ2n) is 4.76. The summed E-state index contributed by atoms with van der Waals surface area (Å²) in [5.41, 5.74) is 0.358. The van der Waals surface area contributed by atoms with Crippen molar-refractivity contribution in [3.63, 3.8) is 0 Å². The van der Waals surface area contributed by atoms with E-state index in [2.05, 4.69) is 33.6 Å². The number of aromatic amines is 1. The van der Waals surface area contributed by atoms with Crippen LogP contribution in [0.25, 0.3) is 0 Å². The maximum Gasteiger partial charge on any atom is 0.271 e. The molecule has 0 radical (unpaired) electrons. The smallest absolute Gasteiger partial charge is 0.271 e. The number of amides is 1. The van der Waals surface area contributed by atoms with Crippen molar-refractivity contribution in [3.8, 4) is 6.07 Å². The predicted molar refractivity (Wildman–Crippen MR) is 83.4 cm³/mol. The van der Waals surface area contributed by atoms with Gasteiger partial charge in [-0.25, -0.2) is 4.98 Å². The molecule has 1 heterocycles. The molecule has 1 aromatic rings. The van der Waals surface area contributed by atoms with Gasteiger partial charge in [-0.3, -0.25) is 4.79 Å². The van der Waals surface area contributed by atoms with Gasteiger partial charge < -0.3 is 15.6 Å². The first kappa shape index (κ1) is 17.3. The molecule has 0 spiro atoms. The molecular formula is C14H22ClN5O. The van der Waals surface area contributed by atoms with E-state index in [1.165, 1.54) is 0 Å². The number of nitrogens with zero attached hydrogens (tertiary/aromatic N) is 2. The average molecular weight is 312 g/mol. The normalized spacial score (nSPS) is 10.1. The number of halogens is 1. The summed E-state index contributed by atoms with van der Waals surface area (Å²) >= 11 is 5.83. The van der Waals surface area contributed by atoms with Crippen molar-refractivity contribution in [2.75, 3.05) is 18.4 Å². The van der Waals surface area contributed by atoms with E-state index in [1.54, 1.807) is 0 Å². The molecule has 1 aromatic heterocycles. The van der Waals surface area contributed by atoms with Gasteiger partial charge in [0.05, 0.1) is 6.07 Å². The minimum atomic E-state index is -0.232. The van der Waals surface area contributed by atoms with Gasteiger partial charge in [-0.2, -0.15) is 5.26 Å².